The first-order valence-corrected chi connectivity index (χ1v) is 7.70. The van der Waals surface area contributed by atoms with Gasteiger partial charge in [-0.1, -0.05) is 18.2 Å². The number of rotatable bonds is 10. The molecule has 1 aromatic rings. The molecule has 0 aromatic heterocycles. The molecule has 1 aromatic carbocycles. The summed E-state index contributed by atoms with van der Waals surface area (Å²) in [4.78, 5) is 0. The van der Waals surface area contributed by atoms with Crippen LogP contribution < -0.4 is 5.73 Å². The Kier molecular flexibility index (Phi) is 7.37. The van der Waals surface area contributed by atoms with Crippen LogP contribution in [0, 0.1) is 12.1 Å². The predicted octanol–water partition coefficient (Wildman–Crippen LogP) is 2.75. The van der Waals surface area contributed by atoms with E-state index in [9.17, 15) is 0 Å². The highest BCUT2D eigenvalue weighted by atomic mass is 16.5. The highest BCUT2D eigenvalue weighted by Crippen LogP contribution is 2.19. The van der Waals surface area contributed by atoms with Crippen molar-refractivity contribution in [1.29, 1.82) is 0 Å². The third-order valence-corrected chi connectivity index (χ3v) is 3.11. The molecule has 22 heavy (non-hydrogen) atoms. The minimum absolute atomic E-state index is 0.533. The van der Waals surface area contributed by atoms with E-state index in [1.54, 1.807) is 0 Å². The maximum atomic E-state index is 5.72. The van der Waals surface area contributed by atoms with Crippen LogP contribution in [0.15, 0.2) is 41.9 Å². The SMILES string of the molecule is NCCOC1=CC(OCCCOCc2c#cccc2)=CCC1. The number of ether oxygens (including phenoxy) is 3. The Labute approximate surface area is 132 Å². The largest absolute Gasteiger partial charge is 0.496 e. The van der Waals surface area contributed by atoms with Gasteiger partial charge in [0.1, 0.15) is 5.76 Å². The summed E-state index contributed by atoms with van der Waals surface area (Å²) in [5.41, 5.74) is 6.45. The van der Waals surface area contributed by atoms with Crippen molar-refractivity contribution in [2.45, 2.75) is 25.9 Å². The predicted molar refractivity (Wildman–Crippen MR) is 84.7 cm³/mol. The van der Waals surface area contributed by atoms with Crippen molar-refractivity contribution in [3.8, 4) is 0 Å². The summed E-state index contributed by atoms with van der Waals surface area (Å²) in [6.45, 7) is 2.95. The topological polar surface area (TPSA) is 53.7 Å². The average molecular weight is 301 g/mol. The molecule has 2 rings (SSSR count). The number of hydrogen-bond acceptors (Lipinski definition) is 4. The van der Waals surface area contributed by atoms with Crippen molar-refractivity contribution in [3.63, 3.8) is 0 Å². The molecule has 0 heterocycles. The number of hydrogen-bond donors (Lipinski definition) is 1. The van der Waals surface area contributed by atoms with Gasteiger partial charge in [0.2, 0.25) is 0 Å². The molecule has 2 N–H and O–H groups in total. The normalized spacial score (nSPS) is 13.9. The Balaban J connectivity index is 1.56. The minimum Gasteiger partial charge on any atom is -0.496 e. The fraction of sp³-hybridized carbons (Fsp3) is 0.444. The Bertz CT molecular complexity index is 482. The van der Waals surface area contributed by atoms with E-state index in [1.165, 1.54) is 0 Å². The average Bonchev–Trinajstić information content (AvgIpc) is 2.57. The zero-order chi connectivity index (χ0) is 15.5. The van der Waals surface area contributed by atoms with Crippen LogP contribution in [0.3, 0.4) is 0 Å². The Hall–Kier alpha value is -1.96. The van der Waals surface area contributed by atoms with Crippen LogP contribution in [0.1, 0.15) is 24.8 Å². The molecule has 0 spiro atoms. The van der Waals surface area contributed by atoms with Crippen molar-refractivity contribution in [1.82, 2.24) is 0 Å². The van der Waals surface area contributed by atoms with E-state index in [0.717, 1.165) is 36.3 Å². The van der Waals surface area contributed by atoms with Gasteiger partial charge in [0.15, 0.2) is 0 Å². The van der Waals surface area contributed by atoms with Crippen LogP contribution in [0.5, 0.6) is 0 Å². The zero-order valence-electron chi connectivity index (χ0n) is 12.8. The summed E-state index contributed by atoms with van der Waals surface area (Å²) in [6.07, 6.45) is 6.75. The minimum atomic E-state index is 0.533. The quantitative estimate of drug-likeness (QED) is 0.675. The molecule has 0 aliphatic heterocycles. The van der Waals surface area contributed by atoms with Crippen molar-refractivity contribution in [2.75, 3.05) is 26.4 Å². The fourth-order valence-corrected chi connectivity index (χ4v) is 2.06. The van der Waals surface area contributed by atoms with Gasteiger partial charge in [0, 0.05) is 31.0 Å². The monoisotopic (exact) mass is 301 g/mol. The second-order valence-electron chi connectivity index (χ2n) is 4.97. The molecule has 0 saturated carbocycles. The lowest BCUT2D eigenvalue weighted by Gasteiger charge is -2.15. The second kappa shape index (κ2) is 9.88. The number of allylic oxidation sites excluding steroid dienone is 3. The van der Waals surface area contributed by atoms with Gasteiger partial charge in [-0.2, -0.15) is 0 Å². The standard InChI is InChI=1S/C18H23NO3/c19-10-13-22-18-9-4-8-17(14-18)21-12-5-11-20-15-16-6-2-1-3-7-16/h1-2,6,8,14H,4-5,9-13,15,19H2. The summed E-state index contributed by atoms with van der Waals surface area (Å²) in [5, 5.41) is 0. The molecule has 0 saturated heterocycles. The molecule has 0 fully saturated rings. The van der Waals surface area contributed by atoms with E-state index in [4.69, 9.17) is 19.9 Å². The van der Waals surface area contributed by atoms with Crippen LogP contribution in [-0.4, -0.2) is 26.4 Å². The molecule has 0 radical (unpaired) electrons. The van der Waals surface area contributed by atoms with Gasteiger partial charge in [0.25, 0.3) is 0 Å². The molecule has 0 bridgehead atoms. The van der Waals surface area contributed by atoms with Crippen LogP contribution in [0.4, 0.5) is 0 Å². The van der Waals surface area contributed by atoms with Crippen molar-refractivity contribution in [3.05, 3.63) is 59.6 Å². The Morgan fingerprint density at radius 3 is 2.95 bits per heavy atom. The van der Waals surface area contributed by atoms with Crippen LogP contribution >= 0.6 is 0 Å². The third-order valence-electron chi connectivity index (χ3n) is 3.11. The van der Waals surface area contributed by atoms with E-state index < -0.39 is 0 Å². The first-order valence-electron chi connectivity index (χ1n) is 7.70. The summed E-state index contributed by atoms with van der Waals surface area (Å²) >= 11 is 0. The lowest BCUT2D eigenvalue weighted by Crippen LogP contribution is -2.09. The summed E-state index contributed by atoms with van der Waals surface area (Å²) < 4.78 is 16.8. The highest BCUT2D eigenvalue weighted by molar-refractivity contribution is 5.20. The zero-order valence-corrected chi connectivity index (χ0v) is 12.8. The van der Waals surface area contributed by atoms with Gasteiger partial charge in [-0.25, -0.2) is 0 Å². The van der Waals surface area contributed by atoms with Crippen LogP contribution in [-0.2, 0) is 20.8 Å². The summed E-state index contributed by atoms with van der Waals surface area (Å²) in [6, 6.07) is 11.7. The van der Waals surface area contributed by atoms with E-state index in [0.29, 0.717) is 33.0 Å². The van der Waals surface area contributed by atoms with Gasteiger partial charge in [-0.15, -0.1) is 0 Å². The first-order chi connectivity index (χ1) is 10.9. The van der Waals surface area contributed by atoms with Crippen molar-refractivity contribution < 1.29 is 14.2 Å². The van der Waals surface area contributed by atoms with Gasteiger partial charge < -0.3 is 19.9 Å². The van der Waals surface area contributed by atoms with Gasteiger partial charge >= 0.3 is 0 Å². The summed E-state index contributed by atoms with van der Waals surface area (Å²) in [5.74, 6) is 1.83. The lowest BCUT2D eigenvalue weighted by molar-refractivity contribution is 0.0966. The molecule has 1 aliphatic carbocycles. The first kappa shape index (κ1) is 16.4. The molecule has 4 heteroatoms. The van der Waals surface area contributed by atoms with Gasteiger partial charge in [0.05, 0.1) is 32.2 Å². The Morgan fingerprint density at radius 2 is 2.14 bits per heavy atom. The third kappa shape index (κ3) is 6.21. The van der Waals surface area contributed by atoms with Crippen LogP contribution in [0.25, 0.3) is 0 Å². The maximum Gasteiger partial charge on any atom is 0.118 e. The highest BCUT2D eigenvalue weighted by Gasteiger charge is 2.07. The molecule has 0 amide bonds. The summed E-state index contributed by atoms with van der Waals surface area (Å²) in [7, 11) is 0. The van der Waals surface area contributed by atoms with Gasteiger partial charge in [-0.3, -0.25) is 0 Å². The molecule has 4 nitrogen and oxygen atoms in total. The van der Waals surface area contributed by atoms with Crippen molar-refractivity contribution in [2.24, 2.45) is 5.73 Å². The van der Waals surface area contributed by atoms with E-state index >= 15 is 0 Å². The molecular formula is C18H23NO3. The molecular weight excluding hydrogens is 278 g/mol. The molecule has 0 atom stereocenters. The van der Waals surface area contributed by atoms with E-state index in [-0.39, 0.29) is 0 Å². The lowest BCUT2D eigenvalue weighted by atomic mass is 10.1. The van der Waals surface area contributed by atoms with Crippen molar-refractivity contribution >= 4 is 0 Å². The smallest absolute Gasteiger partial charge is 0.118 e. The van der Waals surface area contributed by atoms with E-state index in [2.05, 4.69) is 18.2 Å². The fourth-order valence-electron chi connectivity index (χ4n) is 2.06. The van der Waals surface area contributed by atoms with Gasteiger partial charge in [-0.05, 0) is 24.6 Å². The molecule has 0 unspecified atom stereocenters. The van der Waals surface area contributed by atoms with Crippen LogP contribution in [0.2, 0.25) is 0 Å². The number of nitrogens with two attached hydrogens (primary N) is 1. The Morgan fingerprint density at radius 1 is 1.18 bits per heavy atom. The maximum absolute atomic E-state index is 5.72. The molecule has 118 valence electrons. The second-order valence-corrected chi connectivity index (χ2v) is 4.97. The molecule has 1 aliphatic rings. The van der Waals surface area contributed by atoms with E-state index in [1.807, 2.05) is 24.3 Å².